The third-order valence-electron chi connectivity index (χ3n) is 6.98. The first-order valence-corrected chi connectivity index (χ1v) is 11.1. The summed E-state index contributed by atoms with van der Waals surface area (Å²) < 4.78 is 45.1. The number of benzene rings is 1. The van der Waals surface area contributed by atoms with E-state index in [0.717, 1.165) is 12.5 Å². The van der Waals surface area contributed by atoms with E-state index in [1.54, 1.807) is 11.0 Å². The highest BCUT2D eigenvalue weighted by Crippen LogP contribution is 2.44. The molecule has 2 atom stereocenters. The van der Waals surface area contributed by atoms with E-state index >= 15 is 0 Å². The van der Waals surface area contributed by atoms with Crippen LogP contribution in [0.2, 0.25) is 5.02 Å². The predicted octanol–water partition coefficient (Wildman–Crippen LogP) is 2.58. The fourth-order valence-electron chi connectivity index (χ4n) is 5.30. The number of nitrogens with zero attached hydrogens (tertiary/aromatic N) is 3. The zero-order valence-corrected chi connectivity index (χ0v) is 18.1. The van der Waals surface area contributed by atoms with Crippen molar-refractivity contribution in [1.29, 1.82) is 0 Å². The van der Waals surface area contributed by atoms with Gasteiger partial charge in [0.15, 0.2) is 0 Å². The smallest absolute Gasteiger partial charge is 0.370 e. The Hall–Kier alpha value is -2.20. The van der Waals surface area contributed by atoms with E-state index in [9.17, 15) is 22.8 Å². The van der Waals surface area contributed by atoms with Crippen LogP contribution in [0.15, 0.2) is 18.2 Å². The van der Waals surface area contributed by atoms with Gasteiger partial charge >= 0.3 is 12.2 Å². The molecule has 32 heavy (non-hydrogen) atoms. The maximum absolute atomic E-state index is 13.2. The molecule has 11 heteroatoms. The zero-order chi connectivity index (χ0) is 22.7. The maximum atomic E-state index is 13.2. The molecule has 1 aromatic rings. The molecule has 0 aromatic heterocycles. The topological polar surface area (TPSA) is 65.1 Å². The number of hydrogen-bond donors (Lipinski definition) is 1. The van der Waals surface area contributed by atoms with Crippen molar-refractivity contribution in [3.63, 3.8) is 0 Å². The van der Waals surface area contributed by atoms with Gasteiger partial charge in [0.1, 0.15) is 6.61 Å². The summed E-state index contributed by atoms with van der Waals surface area (Å²) in [5.74, 6) is -0.161. The fourth-order valence-corrected chi connectivity index (χ4v) is 5.53. The van der Waals surface area contributed by atoms with Crippen molar-refractivity contribution in [2.75, 3.05) is 50.8 Å². The number of urea groups is 1. The molecule has 4 heterocycles. The molecule has 7 nitrogen and oxygen atoms in total. The monoisotopic (exact) mass is 472 g/mol. The summed E-state index contributed by atoms with van der Waals surface area (Å²) in [4.78, 5) is 30.2. The van der Waals surface area contributed by atoms with Crippen LogP contribution in [-0.4, -0.2) is 79.8 Å². The lowest BCUT2D eigenvalue weighted by Gasteiger charge is -2.49. The number of alkyl halides is 3. The molecule has 0 bridgehead atoms. The lowest BCUT2D eigenvalue weighted by Crippen LogP contribution is -2.62. The van der Waals surface area contributed by atoms with Gasteiger partial charge in [0.05, 0.1) is 22.7 Å². The second kappa shape index (κ2) is 7.69. The van der Waals surface area contributed by atoms with E-state index in [1.807, 2.05) is 9.80 Å². The van der Waals surface area contributed by atoms with Crippen molar-refractivity contribution in [2.45, 2.75) is 31.2 Å². The SMILES string of the molecule is O=C1CO[C@H]2CCN(C(=O)N3CCC4(C3)CN(c3ccc(Cl)c(C(F)(F)F)c3)C4)CC2N1. The quantitative estimate of drug-likeness (QED) is 0.682. The van der Waals surface area contributed by atoms with Crippen molar-refractivity contribution >= 4 is 29.2 Å². The van der Waals surface area contributed by atoms with Gasteiger partial charge in [0, 0.05) is 50.4 Å². The van der Waals surface area contributed by atoms with Crippen molar-refractivity contribution < 1.29 is 27.5 Å². The van der Waals surface area contributed by atoms with Gasteiger partial charge in [-0.05, 0) is 31.0 Å². The van der Waals surface area contributed by atoms with E-state index in [4.69, 9.17) is 16.3 Å². The summed E-state index contributed by atoms with van der Waals surface area (Å²) in [5.41, 5.74) is -0.441. The maximum Gasteiger partial charge on any atom is 0.417 e. The number of piperidine rings is 1. The first kappa shape index (κ1) is 21.6. The number of amides is 3. The zero-order valence-electron chi connectivity index (χ0n) is 17.3. The fraction of sp³-hybridized carbons (Fsp3) is 0.619. The molecule has 0 saturated carbocycles. The molecule has 1 spiro atoms. The molecule has 1 unspecified atom stereocenters. The second-order valence-corrected chi connectivity index (χ2v) is 9.64. The lowest BCUT2D eigenvalue weighted by molar-refractivity contribution is -0.139. The Balaban J connectivity index is 1.19. The van der Waals surface area contributed by atoms with Crippen LogP contribution in [-0.2, 0) is 15.7 Å². The van der Waals surface area contributed by atoms with Crippen LogP contribution in [0, 0.1) is 5.41 Å². The Morgan fingerprint density at radius 1 is 1.19 bits per heavy atom. The van der Waals surface area contributed by atoms with Crippen molar-refractivity contribution in [2.24, 2.45) is 5.41 Å². The summed E-state index contributed by atoms with van der Waals surface area (Å²) in [6, 6.07) is 3.75. The minimum Gasteiger partial charge on any atom is -0.370 e. The third kappa shape index (κ3) is 3.87. The Labute approximate surface area is 188 Å². The van der Waals surface area contributed by atoms with Gasteiger partial charge in [-0.25, -0.2) is 4.79 Å². The first-order chi connectivity index (χ1) is 15.1. The number of hydrogen-bond acceptors (Lipinski definition) is 4. The molecule has 1 N–H and O–H groups in total. The molecule has 5 rings (SSSR count). The Kier molecular flexibility index (Phi) is 5.20. The number of nitrogens with one attached hydrogen (secondary N) is 1. The van der Waals surface area contributed by atoms with Gasteiger partial charge in [-0.1, -0.05) is 11.6 Å². The third-order valence-corrected chi connectivity index (χ3v) is 7.31. The van der Waals surface area contributed by atoms with Crippen LogP contribution in [0.1, 0.15) is 18.4 Å². The van der Waals surface area contributed by atoms with E-state index < -0.39 is 11.7 Å². The van der Waals surface area contributed by atoms with Crippen LogP contribution in [0.25, 0.3) is 0 Å². The van der Waals surface area contributed by atoms with Gasteiger partial charge in [-0.15, -0.1) is 0 Å². The molecule has 1 aromatic carbocycles. The molecular weight excluding hydrogens is 449 g/mol. The number of ether oxygens (including phenoxy) is 1. The number of likely N-dealkylation sites (tertiary alicyclic amines) is 2. The minimum atomic E-state index is -4.50. The summed E-state index contributed by atoms with van der Waals surface area (Å²) in [5, 5.41) is 2.59. The van der Waals surface area contributed by atoms with Gasteiger partial charge in [0.2, 0.25) is 5.91 Å². The van der Waals surface area contributed by atoms with Crippen molar-refractivity contribution in [3.8, 4) is 0 Å². The number of carbonyl (C=O) groups is 2. The average Bonchev–Trinajstić information content (AvgIpc) is 3.17. The molecule has 4 aliphatic rings. The van der Waals surface area contributed by atoms with Crippen molar-refractivity contribution in [1.82, 2.24) is 15.1 Å². The Bertz CT molecular complexity index is 937. The molecule has 3 amide bonds. The lowest BCUT2D eigenvalue weighted by atomic mass is 9.78. The normalized spacial score (nSPS) is 27.2. The summed E-state index contributed by atoms with van der Waals surface area (Å²) in [7, 11) is 0. The number of carbonyl (C=O) groups excluding carboxylic acids is 2. The van der Waals surface area contributed by atoms with Crippen LogP contribution in [0.4, 0.5) is 23.7 Å². The van der Waals surface area contributed by atoms with Gasteiger partial charge < -0.3 is 24.8 Å². The number of fused-ring (bicyclic) bond motifs is 1. The molecule has 4 saturated heterocycles. The van der Waals surface area contributed by atoms with Crippen LogP contribution < -0.4 is 10.2 Å². The van der Waals surface area contributed by atoms with Gasteiger partial charge in [-0.3, -0.25) is 4.79 Å². The summed E-state index contributed by atoms with van der Waals surface area (Å²) >= 11 is 5.73. The predicted molar refractivity (Wildman–Crippen MR) is 111 cm³/mol. The summed E-state index contributed by atoms with van der Waals surface area (Å²) in [6.07, 6.45) is -3.05. The average molecular weight is 473 g/mol. The van der Waals surface area contributed by atoms with Gasteiger partial charge in [-0.2, -0.15) is 13.2 Å². The molecule has 174 valence electrons. The highest BCUT2D eigenvalue weighted by Gasteiger charge is 2.50. The molecule has 0 aliphatic carbocycles. The van der Waals surface area contributed by atoms with Crippen LogP contribution >= 0.6 is 11.6 Å². The first-order valence-electron chi connectivity index (χ1n) is 10.7. The minimum absolute atomic E-state index is 0.0514. The molecule has 4 aliphatic heterocycles. The highest BCUT2D eigenvalue weighted by atomic mass is 35.5. The second-order valence-electron chi connectivity index (χ2n) is 9.23. The van der Waals surface area contributed by atoms with Gasteiger partial charge in [0.25, 0.3) is 0 Å². The molecule has 0 radical (unpaired) electrons. The largest absolute Gasteiger partial charge is 0.417 e. The Morgan fingerprint density at radius 2 is 1.97 bits per heavy atom. The number of anilines is 1. The molecule has 4 fully saturated rings. The number of morpholine rings is 1. The van der Waals surface area contributed by atoms with Crippen molar-refractivity contribution in [3.05, 3.63) is 28.8 Å². The number of halogens is 4. The standard InChI is InChI=1S/C21H24ClF3N4O3/c22-15-2-1-13(7-14(15)21(23,24)25)29-11-20(12-29)4-6-28(10-20)19(31)27-5-3-17-16(8-27)26-18(30)9-32-17/h1-2,7,16-17H,3-6,8-12H2,(H,26,30)/t16?,17-/m0/s1. The molecular formula is C21H24ClF3N4O3. The highest BCUT2D eigenvalue weighted by molar-refractivity contribution is 6.31. The van der Waals surface area contributed by atoms with E-state index in [0.29, 0.717) is 51.4 Å². The Morgan fingerprint density at radius 3 is 2.72 bits per heavy atom. The number of rotatable bonds is 1. The van der Waals surface area contributed by atoms with Crippen LogP contribution in [0.3, 0.4) is 0 Å². The van der Waals surface area contributed by atoms with E-state index in [2.05, 4.69) is 5.32 Å². The van der Waals surface area contributed by atoms with Crippen LogP contribution in [0.5, 0.6) is 0 Å². The van der Waals surface area contributed by atoms with E-state index in [-0.39, 0.29) is 41.1 Å². The summed E-state index contributed by atoms with van der Waals surface area (Å²) in [6.45, 7) is 3.48. The van der Waals surface area contributed by atoms with E-state index in [1.165, 1.54) is 6.07 Å².